The third-order valence-electron chi connectivity index (χ3n) is 4.70. The summed E-state index contributed by atoms with van der Waals surface area (Å²) in [4.78, 5) is 18.2. The van der Waals surface area contributed by atoms with Gasteiger partial charge in [-0.3, -0.25) is 4.79 Å². The van der Waals surface area contributed by atoms with E-state index in [9.17, 15) is 4.79 Å². The molecule has 1 fully saturated rings. The fraction of sp³-hybridized carbons (Fsp3) is 0.381. The highest BCUT2D eigenvalue weighted by Gasteiger charge is 2.21. The summed E-state index contributed by atoms with van der Waals surface area (Å²) < 4.78 is 1.05. The van der Waals surface area contributed by atoms with E-state index in [4.69, 9.17) is 0 Å². The molecule has 1 atom stereocenters. The first-order valence-electron chi connectivity index (χ1n) is 9.04. The Labute approximate surface area is 168 Å². The van der Waals surface area contributed by atoms with E-state index in [1.807, 2.05) is 43.1 Å². The first-order chi connectivity index (χ1) is 12.5. The maximum absolute atomic E-state index is 12.8. The lowest BCUT2D eigenvalue weighted by atomic mass is 10.1. The molecular weight excluding hydrogens is 408 g/mol. The van der Waals surface area contributed by atoms with Crippen LogP contribution in [-0.2, 0) is 11.3 Å². The van der Waals surface area contributed by atoms with Crippen LogP contribution in [0.3, 0.4) is 0 Å². The topological polar surface area (TPSA) is 23.6 Å². The standard InChI is InChI=1S/C21H25BrN2OS/c1-16(26-19-11-9-18(22)10-12-19)21(25)23(2)15-17-7-3-4-8-20(17)24-13-5-6-14-24/h3-4,7-12,16H,5-6,13-15H2,1-2H3. The van der Waals surface area contributed by atoms with E-state index in [-0.39, 0.29) is 11.2 Å². The summed E-state index contributed by atoms with van der Waals surface area (Å²) in [5, 5.41) is -0.111. The van der Waals surface area contributed by atoms with Crippen LogP contribution in [0.4, 0.5) is 5.69 Å². The molecule has 138 valence electrons. The predicted octanol–water partition coefficient (Wildman–Crippen LogP) is 5.19. The smallest absolute Gasteiger partial charge is 0.235 e. The van der Waals surface area contributed by atoms with Crippen molar-refractivity contribution in [2.75, 3.05) is 25.0 Å². The Bertz CT molecular complexity index is 744. The van der Waals surface area contributed by atoms with Crippen LogP contribution in [-0.4, -0.2) is 36.2 Å². The fourth-order valence-electron chi connectivity index (χ4n) is 3.32. The summed E-state index contributed by atoms with van der Waals surface area (Å²) in [6, 6.07) is 16.6. The van der Waals surface area contributed by atoms with Gasteiger partial charge < -0.3 is 9.80 Å². The van der Waals surface area contributed by atoms with Crippen LogP contribution in [0.25, 0.3) is 0 Å². The second-order valence-corrected chi connectivity index (χ2v) is 9.06. The molecule has 0 aromatic heterocycles. The minimum atomic E-state index is -0.111. The zero-order valence-electron chi connectivity index (χ0n) is 15.3. The average molecular weight is 433 g/mol. The van der Waals surface area contributed by atoms with Crippen LogP contribution in [0.1, 0.15) is 25.3 Å². The normalized spacial score (nSPS) is 15.1. The Balaban J connectivity index is 1.64. The highest BCUT2D eigenvalue weighted by Crippen LogP contribution is 2.28. The van der Waals surface area contributed by atoms with Crippen molar-refractivity contribution in [1.82, 2.24) is 4.90 Å². The molecule has 1 aliphatic rings. The molecule has 3 nitrogen and oxygen atoms in total. The van der Waals surface area contributed by atoms with Gasteiger partial charge in [0, 0.05) is 41.7 Å². The van der Waals surface area contributed by atoms with Gasteiger partial charge in [-0.15, -0.1) is 11.8 Å². The van der Waals surface area contributed by atoms with Crippen molar-refractivity contribution in [1.29, 1.82) is 0 Å². The van der Waals surface area contributed by atoms with Crippen LogP contribution in [0.5, 0.6) is 0 Å². The van der Waals surface area contributed by atoms with E-state index in [1.54, 1.807) is 11.8 Å². The zero-order chi connectivity index (χ0) is 18.5. The van der Waals surface area contributed by atoms with Crippen LogP contribution >= 0.6 is 27.7 Å². The molecule has 0 radical (unpaired) electrons. The number of carbonyl (C=O) groups excluding carboxylic acids is 1. The summed E-state index contributed by atoms with van der Waals surface area (Å²) >= 11 is 5.05. The molecule has 1 amide bonds. The largest absolute Gasteiger partial charge is 0.371 e. The molecule has 0 N–H and O–H groups in total. The SMILES string of the molecule is CC(Sc1ccc(Br)cc1)C(=O)N(C)Cc1ccccc1N1CCCC1. The number of rotatable bonds is 6. The Kier molecular flexibility index (Phi) is 6.65. The quantitative estimate of drug-likeness (QED) is 0.586. The summed E-state index contributed by atoms with van der Waals surface area (Å²) in [6.07, 6.45) is 2.51. The van der Waals surface area contributed by atoms with Crippen molar-refractivity contribution in [3.8, 4) is 0 Å². The van der Waals surface area contributed by atoms with Crippen molar-refractivity contribution in [2.45, 2.75) is 36.5 Å². The number of para-hydroxylation sites is 1. The number of hydrogen-bond acceptors (Lipinski definition) is 3. The van der Waals surface area contributed by atoms with Crippen LogP contribution in [0.15, 0.2) is 57.9 Å². The molecule has 5 heteroatoms. The van der Waals surface area contributed by atoms with E-state index in [2.05, 4.69) is 45.1 Å². The van der Waals surface area contributed by atoms with Crippen molar-refractivity contribution in [3.63, 3.8) is 0 Å². The first-order valence-corrected chi connectivity index (χ1v) is 10.7. The van der Waals surface area contributed by atoms with Gasteiger partial charge in [-0.05, 0) is 55.7 Å². The molecule has 2 aromatic rings. The highest BCUT2D eigenvalue weighted by molar-refractivity contribution is 9.10. The Hall–Kier alpha value is -1.46. The number of hydrogen-bond donors (Lipinski definition) is 0. The third kappa shape index (κ3) is 4.83. The number of amides is 1. The second-order valence-electron chi connectivity index (χ2n) is 6.73. The van der Waals surface area contributed by atoms with Gasteiger partial charge >= 0.3 is 0 Å². The van der Waals surface area contributed by atoms with Crippen molar-refractivity contribution < 1.29 is 4.79 Å². The summed E-state index contributed by atoms with van der Waals surface area (Å²) in [7, 11) is 1.90. The minimum absolute atomic E-state index is 0.111. The highest BCUT2D eigenvalue weighted by atomic mass is 79.9. The lowest BCUT2D eigenvalue weighted by molar-refractivity contribution is -0.129. The van der Waals surface area contributed by atoms with E-state index in [1.165, 1.54) is 24.1 Å². The number of thioether (sulfide) groups is 1. The van der Waals surface area contributed by atoms with Crippen molar-refractivity contribution >= 4 is 39.3 Å². The lowest BCUT2D eigenvalue weighted by Gasteiger charge is -2.26. The van der Waals surface area contributed by atoms with Gasteiger partial charge in [-0.2, -0.15) is 0 Å². The molecule has 0 saturated carbocycles. The van der Waals surface area contributed by atoms with E-state index in [0.29, 0.717) is 6.54 Å². The molecule has 1 saturated heterocycles. The van der Waals surface area contributed by atoms with Crippen LogP contribution in [0, 0.1) is 0 Å². The Morgan fingerprint density at radius 1 is 1.15 bits per heavy atom. The first kappa shape index (κ1) is 19.3. The summed E-state index contributed by atoms with van der Waals surface area (Å²) in [5.41, 5.74) is 2.50. The molecule has 2 aromatic carbocycles. The van der Waals surface area contributed by atoms with E-state index < -0.39 is 0 Å². The molecule has 3 rings (SSSR count). The average Bonchev–Trinajstić information content (AvgIpc) is 3.18. The van der Waals surface area contributed by atoms with Gasteiger partial charge in [-0.25, -0.2) is 0 Å². The van der Waals surface area contributed by atoms with Gasteiger partial charge in [0.15, 0.2) is 0 Å². The minimum Gasteiger partial charge on any atom is -0.371 e. The lowest BCUT2D eigenvalue weighted by Crippen LogP contribution is -2.33. The van der Waals surface area contributed by atoms with Crippen molar-refractivity contribution in [2.24, 2.45) is 0 Å². The number of anilines is 1. The van der Waals surface area contributed by atoms with Crippen molar-refractivity contribution in [3.05, 3.63) is 58.6 Å². The monoisotopic (exact) mass is 432 g/mol. The Morgan fingerprint density at radius 2 is 1.81 bits per heavy atom. The van der Waals surface area contributed by atoms with Gasteiger partial charge in [0.05, 0.1) is 5.25 Å². The molecule has 0 aliphatic carbocycles. The molecular formula is C21H25BrN2OS. The van der Waals surface area contributed by atoms with Crippen LogP contribution in [0.2, 0.25) is 0 Å². The molecule has 1 heterocycles. The summed E-state index contributed by atoms with van der Waals surface area (Å²) in [6.45, 7) is 4.86. The zero-order valence-corrected chi connectivity index (χ0v) is 17.7. The van der Waals surface area contributed by atoms with E-state index in [0.717, 1.165) is 22.5 Å². The number of halogens is 1. The van der Waals surface area contributed by atoms with Gasteiger partial charge in [0.25, 0.3) is 0 Å². The molecule has 1 aliphatic heterocycles. The number of nitrogens with zero attached hydrogens (tertiary/aromatic N) is 2. The maximum Gasteiger partial charge on any atom is 0.235 e. The van der Waals surface area contributed by atoms with Gasteiger partial charge in [0.1, 0.15) is 0 Å². The Morgan fingerprint density at radius 3 is 2.50 bits per heavy atom. The van der Waals surface area contributed by atoms with Crippen LogP contribution < -0.4 is 4.90 Å². The second kappa shape index (κ2) is 8.96. The molecule has 26 heavy (non-hydrogen) atoms. The predicted molar refractivity (Wildman–Crippen MR) is 114 cm³/mol. The van der Waals surface area contributed by atoms with Gasteiger partial charge in [0.2, 0.25) is 5.91 Å². The molecule has 0 spiro atoms. The number of benzene rings is 2. The third-order valence-corrected chi connectivity index (χ3v) is 6.32. The van der Waals surface area contributed by atoms with E-state index >= 15 is 0 Å². The number of carbonyl (C=O) groups is 1. The molecule has 1 unspecified atom stereocenters. The summed E-state index contributed by atoms with van der Waals surface area (Å²) in [5.74, 6) is 0.161. The van der Waals surface area contributed by atoms with Gasteiger partial charge in [-0.1, -0.05) is 34.1 Å². The fourth-order valence-corrected chi connectivity index (χ4v) is 4.57. The maximum atomic E-state index is 12.8. The molecule has 0 bridgehead atoms.